The van der Waals surface area contributed by atoms with Crippen LogP contribution >= 0.6 is 23.2 Å². The monoisotopic (exact) mass is 520 g/mol. The van der Waals surface area contributed by atoms with Crippen molar-refractivity contribution in [2.75, 3.05) is 11.8 Å². The minimum absolute atomic E-state index is 0.0227. The summed E-state index contributed by atoms with van der Waals surface area (Å²) in [6.07, 6.45) is 0. The fraction of sp³-hybridized carbons (Fsp3) is 0.222. The summed E-state index contributed by atoms with van der Waals surface area (Å²) in [6, 6.07) is 6.45. The lowest BCUT2D eigenvalue weighted by Crippen LogP contribution is -2.12. The number of nitrogens with zero attached hydrogens (tertiary/aromatic N) is 2. The van der Waals surface area contributed by atoms with Crippen molar-refractivity contribution in [3.05, 3.63) is 67.8 Å². The van der Waals surface area contributed by atoms with Crippen LogP contribution in [-0.2, 0) is 30.9 Å². The molecule has 0 spiro atoms. The van der Waals surface area contributed by atoms with Crippen LogP contribution in [0.15, 0.2) is 36.4 Å². The Labute approximate surface area is 196 Å². The van der Waals surface area contributed by atoms with Gasteiger partial charge in [0.25, 0.3) is 0 Å². The Kier molecular flexibility index (Phi) is 8.68. The smallest absolute Gasteiger partial charge is 0.326 e. The lowest BCUT2D eigenvalue weighted by molar-refractivity contribution is -0.385. The van der Waals surface area contributed by atoms with Gasteiger partial charge in [0.2, 0.25) is 11.5 Å². The first-order valence-electron chi connectivity index (χ1n) is 8.74. The van der Waals surface area contributed by atoms with Crippen LogP contribution in [-0.4, -0.2) is 42.0 Å². The molecule has 0 radical (unpaired) electrons. The van der Waals surface area contributed by atoms with Gasteiger partial charge in [-0.25, -0.2) is 8.42 Å². The van der Waals surface area contributed by atoms with Crippen molar-refractivity contribution in [3.63, 3.8) is 0 Å². The summed E-state index contributed by atoms with van der Waals surface area (Å²) in [6.45, 7) is 0. The molecule has 12 nitrogen and oxygen atoms in total. The van der Waals surface area contributed by atoms with E-state index in [0.29, 0.717) is 0 Å². The molecule has 2 aromatic rings. The van der Waals surface area contributed by atoms with E-state index < -0.39 is 77.8 Å². The van der Waals surface area contributed by atoms with Crippen LogP contribution in [0.4, 0.5) is 11.4 Å². The predicted octanol–water partition coefficient (Wildman–Crippen LogP) is 2.91. The third-order valence-corrected chi connectivity index (χ3v) is 5.86. The fourth-order valence-electron chi connectivity index (χ4n) is 2.62. The maximum Gasteiger partial charge on any atom is 0.326 e. The molecule has 33 heavy (non-hydrogen) atoms. The Morgan fingerprint density at radius 1 is 0.788 bits per heavy atom. The zero-order chi connectivity index (χ0) is 24.8. The van der Waals surface area contributed by atoms with Gasteiger partial charge >= 0.3 is 23.3 Å². The number of rotatable bonds is 10. The molecule has 0 fully saturated rings. The summed E-state index contributed by atoms with van der Waals surface area (Å²) in [5.41, 5.74) is -1.23. The van der Waals surface area contributed by atoms with Crippen LogP contribution in [0, 0.1) is 20.2 Å². The first-order chi connectivity index (χ1) is 15.5. The van der Waals surface area contributed by atoms with E-state index >= 15 is 0 Å². The molecule has 0 aliphatic carbocycles. The molecule has 2 rings (SSSR count). The van der Waals surface area contributed by atoms with Crippen molar-refractivity contribution in [1.29, 1.82) is 0 Å². The first kappa shape index (κ1) is 26.0. The number of hydrogen-bond donors (Lipinski definition) is 0. The second-order valence-corrected chi connectivity index (χ2v) is 8.97. The van der Waals surface area contributed by atoms with E-state index in [4.69, 9.17) is 32.7 Å². The van der Waals surface area contributed by atoms with E-state index in [2.05, 4.69) is 0 Å². The molecule has 0 unspecified atom stereocenters. The molecule has 0 atom stereocenters. The average Bonchev–Trinajstić information content (AvgIpc) is 2.74. The van der Waals surface area contributed by atoms with Crippen LogP contribution in [0.3, 0.4) is 0 Å². The molecule has 0 amide bonds. The van der Waals surface area contributed by atoms with Crippen LogP contribution in [0.2, 0.25) is 0 Å². The molecule has 2 aromatic carbocycles. The van der Waals surface area contributed by atoms with Gasteiger partial charge in [0.05, 0.1) is 21.4 Å². The summed E-state index contributed by atoms with van der Waals surface area (Å²) < 4.78 is 34.7. The summed E-state index contributed by atoms with van der Waals surface area (Å²) in [7, 11) is -3.96. The number of hydrogen-bond acceptors (Lipinski definition) is 10. The number of esters is 2. The fourth-order valence-corrected chi connectivity index (χ4v) is 4.21. The number of ether oxygens (including phenoxy) is 2. The highest BCUT2D eigenvalue weighted by Crippen LogP contribution is 2.31. The van der Waals surface area contributed by atoms with Crippen LogP contribution in [0.5, 0.6) is 11.5 Å². The highest BCUT2D eigenvalue weighted by atomic mass is 35.5. The Morgan fingerprint density at radius 2 is 1.15 bits per heavy atom. The molecule has 0 aliphatic heterocycles. The maximum atomic E-state index is 12.6. The van der Waals surface area contributed by atoms with Gasteiger partial charge in [-0.05, 0) is 23.3 Å². The van der Waals surface area contributed by atoms with Crippen molar-refractivity contribution >= 4 is 56.4 Å². The van der Waals surface area contributed by atoms with Crippen LogP contribution in [0.1, 0.15) is 11.1 Å². The molecular formula is C18H14Cl2N2O10S. The van der Waals surface area contributed by atoms with E-state index in [1.54, 1.807) is 0 Å². The van der Waals surface area contributed by atoms with E-state index in [0.717, 1.165) is 24.3 Å². The molecule has 0 saturated heterocycles. The Balaban J connectivity index is 2.27. The number of alkyl halides is 2. The van der Waals surface area contributed by atoms with Crippen molar-refractivity contribution in [3.8, 4) is 11.5 Å². The van der Waals surface area contributed by atoms with E-state index in [1.807, 2.05) is 0 Å². The Bertz CT molecular complexity index is 1130. The van der Waals surface area contributed by atoms with Gasteiger partial charge in [0.15, 0.2) is 9.84 Å². The molecule has 0 aromatic heterocycles. The van der Waals surface area contributed by atoms with Gasteiger partial charge in [-0.1, -0.05) is 12.1 Å². The lowest BCUT2D eigenvalue weighted by Gasteiger charge is -2.09. The zero-order valence-electron chi connectivity index (χ0n) is 16.4. The Morgan fingerprint density at radius 3 is 1.45 bits per heavy atom. The molecule has 15 heteroatoms. The third kappa shape index (κ3) is 7.37. The number of halogens is 2. The maximum absolute atomic E-state index is 12.6. The minimum atomic E-state index is -3.96. The highest BCUT2D eigenvalue weighted by Gasteiger charge is 2.23. The van der Waals surface area contributed by atoms with Crippen molar-refractivity contribution in [2.45, 2.75) is 11.5 Å². The van der Waals surface area contributed by atoms with Gasteiger partial charge < -0.3 is 9.47 Å². The summed E-state index contributed by atoms with van der Waals surface area (Å²) in [5, 5.41) is 22.5. The number of benzene rings is 2. The number of carbonyl (C=O) groups is 2. The molecule has 0 saturated carbocycles. The summed E-state index contributed by atoms with van der Waals surface area (Å²) in [4.78, 5) is 43.4. The number of nitro groups is 2. The first-order valence-corrected chi connectivity index (χ1v) is 11.6. The molecular weight excluding hydrogens is 507 g/mol. The second kappa shape index (κ2) is 11.0. The molecule has 176 valence electrons. The number of carbonyl (C=O) groups excluding carboxylic acids is 2. The van der Waals surface area contributed by atoms with Gasteiger partial charge in [0, 0.05) is 12.1 Å². The summed E-state index contributed by atoms with van der Waals surface area (Å²) >= 11 is 10.6. The lowest BCUT2D eigenvalue weighted by atomic mass is 10.2. The normalized spacial score (nSPS) is 11.0. The van der Waals surface area contributed by atoms with Crippen LogP contribution in [0.25, 0.3) is 0 Å². The van der Waals surface area contributed by atoms with Gasteiger partial charge in [0.1, 0.15) is 11.8 Å². The highest BCUT2D eigenvalue weighted by molar-refractivity contribution is 7.89. The van der Waals surface area contributed by atoms with E-state index in [1.165, 1.54) is 12.1 Å². The zero-order valence-corrected chi connectivity index (χ0v) is 18.8. The summed E-state index contributed by atoms with van der Waals surface area (Å²) in [5.74, 6) is -5.02. The van der Waals surface area contributed by atoms with Crippen molar-refractivity contribution in [1.82, 2.24) is 0 Å². The van der Waals surface area contributed by atoms with Gasteiger partial charge in [-0.3, -0.25) is 29.8 Å². The van der Waals surface area contributed by atoms with Crippen molar-refractivity contribution < 1.29 is 37.3 Å². The molecule has 0 heterocycles. The van der Waals surface area contributed by atoms with Gasteiger partial charge in [-0.15, -0.1) is 23.2 Å². The van der Waals surface area contributed by atoms with Crippen molar-refractivity contribution in [2.24, 2.45) is 0 Å². The molecule has 0 bridgehead atoms. The molecule has 0 aliphatic rings. The van der Waals surface area contributed by atoms with E-state index in [9.17, 15) is 38.2 Å². The third-order valence-electron chi connectivity index (χ3n) is 3.88. The SMILES string of the molecule is O=C(CCl)Oc1ccc(CS(=O)(=O)Cc2ccc(OC(=O)CCl)c([N+](=O)[O-])c2)cc1[N+](=O)[O-]. The molecule has 0 N–H and O–H groups in total. The minimum Gasteiger partial charge on any atom is -0.418 e. The topological polar surface area (TPSA) is 173 Å². The largest absolute Gasteiger partial charge is 0.418 e. The van der Waals surface area contributed by atoms with E-state index in [-0.39, 0.29) is 11.1 Å². The Hall–Kier alpha value is -3.29. The standard InChI is InChI=1S/C18H14Cl2N2O10S/c19-7-17(23)31-15-3-1-11(5-13(15)21(25)26)9-33(29,30)10-12-2-4-16(32-18(24)8-20)14(6-12)22(27)28/h1-6H,7-10H2. The van der Waals surface area contributed by atoms with Gasteiger partial charge in [-0.2, -0.15) is 0 Å². The average molecular weight is 521 g/mol. The van der Waals surface area contributed by atoms with Crippen LogP contribution < -0.4 is 9.47 Å². The predicted molar refractivity (Wildman–Crippen MR) is 115 cm³/mol. The number of sulfone groups is 1. The number of nitro benzene ring substituents is 2. The quantitative estimate of drug-likeness (QED) is 0.149. The second-order valence-electron chi connectivity index (χ2n) is 6.37.